The van der Waals surface area contributed by atoms with E-state index in [0.29, 0.717) is 12.1 Å². The predicted octanol–water partition coefficient (Wildman–Crippen LogP) is 3.67. The third-order valence-electron chi connectivity index (χ3n) is 4.22. The largest absolute Gasteiger partial charge is 0.340 e. The van der Waals surface area contributed by atoms with Gasteiger partial charge >= 0.3 is 0 Å². The molecule has 2 heterocycles. The van der Waals surface area contributed by atoms with Gasteiger partial charge in [-0.15, -0.1) is 0 Å². The molecular formula is C21H18N4O. The van der Waals surface area contributed by atoms with E-state index in [-0.39, 0.29) is 11.9 Å². The van der Waals surface area contributed by atoms with Crippen LogP contribution in [0.4, 0.5) is 0 Å². The number of amides is 1. The van der Waals surface area contributed by atoms with Crippen LogP contribution in [0.2, 0.25) is 0 Å². The summed E-state index contributed by atoms with van der Waals surface area (Å²) in [5.41, 5.74) is 3.35. The van der Waals surface area contributed by atoms with E-state index in [9.17, 15) is 4.79 Å². The highest BCUT2D eigenvalue weighted by Gasteiger charge is 2.20. The highest BCUT2D eigenvalue weighted by molar-refractivity contribution is 5.92. The number of hydrogen-bond donors (Lipinski definition) is 2. The molecule has 4 rings (SSSR count). The molecule has 0 fully saturated rings. The maximum Gasteiger partial charge on any atom is 0.270 e. The molecule has 0 bridgehead atoms. The van der Waals surface area contributed by atoms with E-state index in [4.69, 9.17) is 0 Å². The minimum atomic E-state index is -0.278. The van der Waals surface area contributed by atoms with Gasteiger partial charge in [-0.1, -0.05) is 48.5 Å². The molecule has 2 aromatic carbocycles. The molecule has 128 valence electrons. The molecule has 0 spiro atoms. The van der Waals surface area contributed by atoms with Gasteiger partial charge in [0, 0.05) is 6.20 Å². The van der Waals surface area contributed by atoms with E-state index < -0.39 is 0 Å². The molecule has 0 saturated carbocycles. The quantitative estimate of drug-likeness (QED) is 0.581. The fourth-order valence-electron chi connectivity index (χ4n) is 2.93. The Kier molecular flexibility index (Phi) is 4.43. The summed E-state index contributed by atoms with van der Waals surface area (Å²) in [6.07, 6.45) is 2.25. The van der Waals surface area contributed by atoms with Gasteiger partial charge < -0.3 is 10.3 Å². The first-order valence-electron chi connectivity index (χ1n) is 8.50. The third-order valence-corrected chi connectivity index (χ3v) is 4.22. The monoisotopic (exact) mass is 342 g/mol. The van der Waals surface area contributed by atoms with Gasteiger partial charge in [-0.2, -0.15) is 0 Å². The van der Waals surface area contributed by atoms with Crippen LogP contribution in [0.25, 0.3) is 11.0 Å². The summed E-state index contributed by atoms with van der Waals surface area (Å²) in [6.45, 7) is 0. The molecule has 0 aliphatic carbocycles. The van der Waals surface area contributed by atoms with E-state index in [1.54, 1.807) is 24.4 Å². The zero-order valence-electron chi connectivity index (χ0n) is 14.1. The van der Waals surface area contributed by atoms with Gasteiger partial charge in [0.25, 0.3) is 5.91 Å². The predicted molar refractivity (Wildman–Crippen MR) is 101 cm³/mol. The average Bonchev–Trinajstić information content (AvgIpc) is 3.13. The molecular weight excluding hydrogens is 324 g/mol. The maximum atomic E-state index is 12.6. The summed E-state index contributed by atoms with van der Waals surface area (Å²) in [7, 11) is 0. The Labute approximate surface area is 151 Å². The molecule has 0 radical (unpaired) electrons. The van der Waals surface area contributed by atoms with Crippen LogP contribution >= 0.6 is 0 Å². The van der Waals surface area contributed by atoms with Gasteiger partial charge in [-0.3, -0.25) is 9.78 Å². The lowest BCUT2D eigenvalue weighted by Crippen LogP contribution is -2.31. The van der Waals surface area contributed by atoms with Crippen molar-refractivity contribution in [2.24, 2.45) is 0 Å². The average molecular weight is 342 g/mol. The number of carbonyl (C=O) groups excluding carboxylic acids is 1. The van der Waals surface area contributed by atoms with Crippen molar-refractivity contribution in [1.29, 1.82) is 0 Å². The third kappa shape index (κ3) is 3.47. The molecule has 4 aromatic rings. The molecule has 0 aliphatic heterocycles. The maximum absolute atomic E-state index is 12.6. The van der Waals surface area contributed by atoms with Crippen LogP contribution in [0.5, 0.6) is 0 Å². The highest BCUT2D eigenvalue weighted by atomic mass is 16.1. The van der Waals surface area contributed by atoms with Crippen molar-refractivity contribution >= 4 is 16.9 Å². The number of aromatic nitrogens is 3. The van der Waals surface area contributed by atoms with Gasteiger partial charge in [-0.05, 0) is 36.2 Å². The number of aromatic amines is 1. The summed E-state index contributed by atoms with van der Waals surface area (Å²) in [4.78, 5) is 24.7. The molecule has 0 aliphatic rings. The van der Waals surface area contributed by atoms with Crippen LogP contribution in [-0.2, 0) is 6.42 Å². The van der Waals surface area contributed by atoms with E-state index in [2.05, 4.69) is 20.3 Å². The molecule has 1 atom stereocenters. The Bertz CT molecular complexity index is 979. The second-order valence-electron chi connectivity index (χ2n) is 6.07. The van der Waals surface area contributed by atoms with Gasteiger partial charge in [0.2, 0.25) is 0 Å². The van der Waals surface area contributed by atoms with Crippen molar-refractivity contribution in [1.82, 2.24) is 20.3 Å². The van der Waals surface area contributed by atoms with Crippen molar-refractivity contribution in [3.63, 3.8) is 0 Å². The lowest BCUT2D eigenvalue weighted by molar-refractivity contribution is 0.0930. The number of carbonyl (C=O) groups is 1. The fourth-order valence-corrected chi connectivity index (χ4v) is 2.93. The summed E-state index contributed by atoms with van der Waals surface area (Å²) in [6, 6.07) is 22.9. The van der Waals surface area contributed by atoms with Crippen LogP contribution < -0.4 is 5.32 Å². The SMILES string of the molecule is O=C(N[C@H](Cc1ccccc1)c1nc2ccccc2[nH]1)c1ccccn1. The first-order valence-corrected chi connectivity index (χ1v) is 8.50. The van der Waals surface area contributed by atoms with Crippen LogP contribution in [0.3, 0.4) is 0 Å². The number of para-hydroxylation sites is 2. The van der Waals surface area contributed by atoms with Gasteiger partial charge in [0.05, 0.1) is 17.1 Å². The smallest absolute Gasteiger partial charge is 0.270 e. The van der Waals surface area contributed by atoms with Crippen molar-refractivity contribution in [3.8, 4) is 0 Å². The summed E-state index contributed by atoms with van der Waals surface area (Å²) in [5, 5.41) is 3.06. The molecule has 1 amide bonds. The highest BCUT2D eigenvalue weighted by Crippen LogP contribution is 2.20. The first kappa shape index (κ1) is 16.0. The minimum absolute atomic E-state index is 0.216. The normalized spacial score (nSPS) is 12.0. The van der Waals surface area contributed by atoms with E-state index in [1.165, 1.54) is 0 Å². The number of pyridine rings is 1. The van der Waals surface area contributed by atoms with Crippen LogP contribution in [-0.4, -0.2) is 20.9 Å². The lowest BCUT2D eigenvalue weighted by Gasteiger charge is -2.16. The molecule has 26 heavy (non-hydrogen) atoms. The molecule has 2 aromatic heterocycles. The zero-order chi connectivity index (χ0) is 17.8. The number of nitrogens with zero attached hydrogens (tertiary/aromatic N) is 2. The molecule has 5 heteroatoms. The number of nitrogens with one attached hydrogen (secondary N) is 2. The van der Waals surface area contributed by atoms with Crippen molar-refractivity contribution in [3.05, 3.63) is 96.1 Å². The first-order chi connectivity index (χ1) is 12.8. The van der Waals surface area contributed by atoms with E-state index >= 15 is 0 Å². The Morgan fingerprint density at radius 2 is 1.73 bits per heavy atom. The number of H-pyrrole nitrogens is 1. The fraction of sp³-hybridized carbons (Fsp3) is 0.0952. The lowest BCUT2D eigenvalue weighted by atomic mass is 10.1. The van der Waals surface area contributed by atoms with Crippen molar-refractivity contribution in [2.45, 2.75) is 12.5 Å². The second-order valence-corrected chi connectivity index (χ2v) is 6.07. The Balaban J connectivity index is 1.65. The zero-order valence-corrected chi connectivity index (χ0v) is 14.1. The molecule has 0 saturated heterocycles. The van der Waals surface area contributed by atoms with Gasteiger partial charge in [0.15, 0.2) is 0 Å². The topological polar surface area (TPSA) is 70.7 Å². The number of benzene rings is 2. The van der Waals surface area contributed by atoms with E-state index in [0.717, 1.165) is 22.4 Å². The van der Waals surface area contributed by atoms with Crippen LogP contribution in [0, 0.1) is 0 Å². The standard InChI is InChI=1S/C21H18N4O/c26-21(18-12-6-7-13-22-18)25-19(14-15-8-2-1-3-9-15)20-23-16-10-4-5-11-17(16)24-20/h1-13,19H,14H2,(H,23,24)(H,25,26)/t19-/m1/s1. The summed E-state index contributed by atoms with van der Waals surface area (Å²) in [5.74, 6) is 0.520. The molecule has 2 N–H and O–H groups in total. The van der Waals surface area contributed by atoms with Gasteiger partial charge in [0.1, 0.15) is 11.5 Å². The summed E-state index contributed by atoms with van der Waals surface area (Å²) >= 11 is 0. The number of imidazole rings is 1. The number of rotatable bonds is 5. The summed E-state index contributed by atoms with van der Waals surface area (Å²) < 4.78 is 0. The number of hydrogen-bond acceptors (Lipinski definition) is 3. The second kappa shape index (κ2) is 7.19. The Morgan fingerprint density at radius 3 is 2.50 bits per heavy atom. The Hall–Kier alpha value is -3.47. The minimum Gasteiger partial charge on any atom is -0.340 e. The Morgan fingerprint density at radius 1 is 0.962 bits per heavy atom. The van der Waals surface area contributed by atoms with Gasteiger partial charge in [-0.25, -0.2) is 4.98 Å². The van der Waals surface area contributed by atoms with Crippen LogP contribution in [0.15, 0.2) is 79.0 Å². The van der Waals surface area contributed by atoms with E-state index in [1.807, 2.05) is 54.6 Å². The molecule has 5 nitrogen and oxygen atoms in total. The van der Waals surface area contributed by atoms with Crippen LogP contribution in [0.1, 0.15) is 27.9 Å². The molecule has 0 unspecified atom stereocenters. The van der Waals surface area contributed by atoms with Crippen molar-refractivity contribution in [2.75, 3.05) is 0 Å². The number of fused-ring (bicyclic) bond motifs is 1. The van der Waals surface area contributed by atoms with Crippen molar-refractivity contribution < 1.29 is 4.79 Å².